The van der Waals surface area contributed by atoms with Crippen LogP contribution < -0.4 is 4.74 Å². The lowest BCUT2D eigenvalue weighted by molar-refractivity contribution is 0.485. The molecule has 2 aromatic carbocycles. The molecule has 0 aliphatic heterocycles. The molecule has 0 N–H and O–H groups in total. The van der Waals surface area contributed by atoms with Crippen LogP contribution in [0.5, 0.6) is 11.5 Å². The molecule has 4 heteroatoms. The monoisotopic (exact) mass is 351 g/mol. The fourth-order valence-electron chi connectivity index (χ4n) is 1.29. The lowest BCUT2D eigenvalue weighted by Crippen LogP contribution is -1.84. The highest BCUT2D eigenvalue weighted by molar-refractivity contribution is 9.10. The highest BCUT2D eigenvalue weighted by Crippen LogP contribution is 2.34. The van der Waals surface area contributed by atoms with E-state index in [1.807, 2.05) is 30.3 Å². The summed E-state index contributed by atoms with van der Waals surface area (Å²) >= 11 is 6.72. The molecule has 0 atom stereocenters. The molecule has 2 rings (SSSR count). The van der Waals surface area contributed by atoms with Gasteiger partial charge in [-0.05, 0) is 30.3 Å². The number of nitrogens with zero attached hydrogens (tertiary/aromatic N) is 1. The summed E-state index contributed by atoms with van der Waals surface area (Å²) in [5.74, 6) is 1.26. The number of ether oxygens (including phenoxy) is 1. The van der Waals surface area contributed by atoms with Gasteiger partial charge < -0.3 is 4.74 Å². The lowest BCUT2D eigenvalue weighted by atomic mass is 10.3. The maximum atomic E-state index is 7.08. The van der Waals surface area contributed by atoms with Crippen molar-refractivity contribution < 1.29 is 4.74 Å². The van der Waals surface area contributed by atoms with Crippen LogP contribution in [0.15, 0.2) is 51.4 Å². The average Bonchev–Trinajstić information content (AvgIpc) is 2.32. The molecule has 2 nitrogen and oxygen atoms in total. The second-order valence-corrected chi connectivity index (χ2v) is 5.11. The SMILES string of the molecule is [C-]#[N+]c1ccc(Br)cc1Oc1ccc(Br)cc1. The molecule has 0 heterocycles. The molecule has 0 saturated carbocycles. The maximum Gasteiger partial charge on any atom is 0.228 e. The van der Waals surface area contributed by atoms with Gasteiger partial charge in [-0.2, -0.15) is 0 Å². The van der Waals surface area contributed by atoms with Gasteiger partial charge in [-0.1, -0.05) is 44.0 Å². The van der Waals surface area contributed by atoms with E-state index in [-0.39, 0.29) is 0 Å². The van der Waals surface area contributed by atoms with E-state index >= 15 is 0 Å². The predicted molar refractivity (Wildman–Crippen MR) is 74.6 cm³/mol. The predicted octanol–water partition coefficient (Wildman–Crippen LogP) is 5.55. The van der Waals surface area contributed by atoms with Crippen LogP contribution in [0.25, 0.3) is 4.85 Å². The fourth-order valence-corrected chi connectivity index (χ4v) is 1.90. The van der Waals surface area contributed by atoms with Crippen LogP contribution in [0, 0.1) is 6.57 Å². The van der Waals surface area contributed by atoms with E-state index in [0.717, 1.165) is 8.95 Å². The van der Waals surface area contributed by atoms with Crippen LogP contribution in [0.3, 0.4) is 0 Å². The first-order valence-electron chi connectivity index (χ1n) is 4.79. The van der Waals surface area contributed by atoms with Gasteiger partial charge in [-0.15, -0.1) is 0 Å². The molecule has 0 aromatic heterocycles. The molecule has 0 fully saturated rings. The van der Waals surface area contributed by atoms with Crippen molar-refractivity contribution in [3.8, 4) is 11.5 Å². The smallest absolute Gasteiger partial charge is 0.228 e. The third-order valence-electron chi connectivity index (χ3n) is 2.08. The summed E-state index contributed by atoms with van der Waals surface area (Å²) < 4.78 is 7.55. The van der Waals surface area contributed by atoms with Crippen LogP contribution in [0.2, 0.25) is 0 Å². The second kappa shape index (κ2) is 5.35. The Labute approximate surface area is 116 Å². The first kappa shape index (κ1) is 12.2. The molecule has 0 spiro atoms. The zero-order chi connectivity index (χ0) is 12.3. The van der Waals surface area contributed by atoms with E-state index in [4.69, 9.17) is 11.3 Å². The summed E-state index contributed by atoms with van der Waals surface area (Å²) in [6, 6.07) is 12.8. The van der Waals surface area contributed by atoms with E-state index in [2.05, 4.69) is 36.7 Å². The van der Waals surface area contributed by atoms with Gasteiger partial charge in [-0.3, -0.25) is 0 Å². The van der Waals surface area contributed by atoms with Gasteiger partial charge in [0, 0.05) is 8.95 Å². The van der Waals surface area contributed by atoms with Gasteiger partial charge in [0.1, 0.15) is 11.5 Å². The molecular formula is C13H7Br2NO. The molecule has 0 aliphatic rings. The average molecular weight is 353 g/mol. The fraction of sp³-hybridized carbons (Fsp3) is 0. The Morgan fingerprint density at radius 3 is 2.24 bits per heavy atom. The van der Waals surface area contributed by atoms with Gasteiger partial charge in [0.15, 0.2) is 0 Å². The topological polar surface area (TPSA) is 13.6 Å². The van der Waals surface area contributed by atoms with Crippen LogP contribution in [0.1, 0.15) is 0 Å². The first-order valence-corrected chi connectivity index (χ1v) is 6.38. The third-order valence-corrected chi connectivity index (χ3v) is 3.11. The Bertz CT molecular complexity index is 573. The van der Waals surface area contributed by atoms with Crippen molar-refractivity contribution in [3.05, 3.63) is 62.8 Å². The first-order chi connectivity index (χ1) is 8.19. The zero-order valence-electron chi connectivity index (χ0n) is 8.65. The van der Waals surface area contributed by atoms with Gasteiger partial charge in [0.2, 0.25) is 5.69 Å². The van der Waals surface area contributed by atoms with E-state index in [9.17, 15) is 0 Å². The molecule has 84 valence electrons. The summed E-state index contributed by atoms with van der Waals surface area (Å²) in [6.07, 6.45) is 0. The van der Waals surface area contributed by atoms with E-state index in [1.165, 1.54) is 0 Å². The van der Waals surface area contributed by atoms with Crippen molar-refractivity contribution in [2.24, 2.45) is 0 Å². The second-order valence-electron chi connectivity index (χ2n) is 3.28. The van der Waals surface area contributed by atoms with Crippen LogP contribution >= 0.6 is 31.9 Å². The summed E-state index contributed by atoms with van der Waals surface area (Å²) in [5.41, 5.74) is 0.496. The Morgan fingerprint density at radius 2 is 1.59 bits per heavy atom. The molecule has 0 radical (unpaired) electrons. The van der Waals surface area contributed by atoms with Gasteiger partial charge in [0.25, 0.3) is 0 Å². The molecule has 0 unspecified atom stereocenters. The van der Waals surface area contributed by atoms with Crippen molar-refractivity contribution in [1.82, 2.24) is 0 Å². The maximum absolute atomic E-state index is 7.08. The van der Waals surface area contributed by atoms with Gasteiger partial charge >= 0.3 is 0 Å². The quantitative estimate of drug-likeness (QED) is 0.645. The van der Waals surface area contributed by atoms with Crippen molar-refractivity contribution in [3.63, 3.8) is 0 Å². The molecule has 0 saturated heterocycles. The van der Waals surface area contributed by atoms with Crippen molar-refractivity contribution in [2.75, 3.05) is 0 Å². The summed E-state index contributed by atoms with van der Waals surface area (Å²) in [5, 5.41) is 0. The number of benzene rings is 2. The van der Waals surface area contributed by atoms with Gasteiger partial charge in [-0.25, -0.2) is 4.85 Å². The summed E-state index contributed by atoms with van der Waals surface area (Å²) in [6.45, 7) is 7.08. The minimum absolute atomic E-state index is 0.496. The van der Waals surface area contributed by atoms with Crippen LogP contribution in [-0.2, 0) is 0 Å². The Hall–Kier alpha value is -1.31. The summed E-state index contributed by atoms with van der Waals surface area (Å²) in [4.78, 5) is 3.42. The Balaban J connectivity index is 2.32. The standard InChI is InChI=1S/C13H7Br2NO/c1-16-12-7-4-10(15)8-13(12)17-11-5-2-9(14)3-6-11/h2-8H. The van der Waals surface area contributed by atoms with Gasteiger partial charge in [0.05, 0.1) is 6.57 Å². The Kier molecular flexibility index (Phi) is 3.82. The van der Waals surface area contributed by atoms with Crippen molar-refractivity contribution in [2.45, 2.75) is 0 Å². The minimum Gasteiger partial charge on any atom is -0.468 e. The van der Waals surface area contributed by atoms with Crippen molar-refractivity contribution >= 4 is 37.5 Å². The molecular weight excluding hydrogens is 346 g/mol. The zero-order valence-corrected chi connectivity index (χ0v) is 11.8. The minimum atomic E-state index is 0.496. The molecule has 0 amide bonds. The third kappa shape index (κ3) is 3.09. The van der Waals surface area contributed by atoms with E-state index < -0.39 is 0 Å². The van der Waals surface area contributed by atoms with E-state index in [1.54, 1.807) is 12.1 Å². The van der Waals surface area contributed by atoms with Crippen LogP contribution in [-0.4, -0.2) is 0 Å². The number of halogens is 2. The van der Waals surface area contributed by atoms with Crippen molar-refractivity contribution in [1.29, 1.82) is 0 Å². The largest absolute Gasteiger partial charge is 0.468 e. The normalized spacial score (nSPS) is 9.71. The highest BCUT2D eigenvalue weighted by Gasteiger charge is 2.05. The number of rotatable bonds is 2. The van der Waals surface area contributed by atoms with E-state index in [0.29, 0.717) is 17.2 Å². The Morgan fingerprint density at radius 1 is 0.941 bits per heavy atom. The molecule has 17 heavy (non-hydrogen) atoms. The highest BCUT2D eigenvalue weighted by atomic mass is 79.9. The number of hydrogen-bond donors (Lipinski definition) is 0. The summed E-state index contributed by atoms with van der Waals surface area (Å²) in [7, 11) is 0. The lowest BCUT2D eigenvalue weighted by Gasteiger charge is -2.08. The molecule has 0 aliphatic carbocycles. The number of hydrogen-bond acceptors (Lipinski definition) is 1. The van der Waals surface area contributed by atoms with Crippen LogP contribution in [0.4, 0.5) is 5.69 Å². The molecule has 0 bridgehead atoms. The molecule has 2 aromatic rings.